The molecule has 0 amide bonds. The smallest absolute Gasteiger partial charge is 0.115 e. The molecule has 3 aliphatic heterocycles. The number of rotatable bonds is 0. The van der Waals surface area contributed by atoms with Crippen molar-refractivity contribution in [1.29, 1.82) is 0 Å². The van der Waals surface area contributed by atoms with Crippen LogP contribution in [0.15, 0.2) is 47.5 Å². The molecule has 0 saturated carbocycles. The third-order valence-corrected chi connectivity index (χ3v) is 5.54. The number of amidine groups is 1. The molecule has 118 valence electrons. The summed E-state index contributed by atoms with van der Waals surface area (Å²) < 4.78 is 0. The third kappa shape index (κ3) is 2.20. The fraction of sp³-hybridized carbons (Fsp3) is 0.389. The SMILES string of the molecule is Clc1ccc2c(c1)N=C(N1CC3CC1CN3)C1C=CC=CC1N2. The number of likely N-dealkylation sites (tertiary alicyclic amines) is 1. The molecule has 1 aromatic carbocycles. The van der Waals surface area contributed by atoms with Crippen molar-refractivity contribution in [2.45, 2.75) is 24.5 Å². The lowest BCUT2D eigenvalue weighted by atomic mass is 9.93. The summed E-state index contributed by atoms with van der Waals surface area (Å²) in [6.45, 7) is 2.12. The average Bonchev–Trinajstić information content (AvgIpc) is 3.14. The van der Waals surface area contributed by atoms with E-state index >= 15 is 0 Å². The second-order valence-corrected chi connectivity index (χ2v) is 7.18. The number of benzene rings is 1. The van der Waals surface area contributed by atoms with Gasteiger partial charge in [-0.05, 0) is 24.6 Å². The van der Waals surface area contributed by atoms with E-state index in [4.69, 9.17) is 16.6 Å². The van der Waals surface area contributed by atoms with Crippen molar-refractivity contribution < 1.29 is 0 Å². The number of nitrogens with one attached hydrogen (secondary N) is 2. The van der Waals surface area contributed by atoms with Crippen molar-refractivity contribution >= 4 is 28.8 Å². The Kier molecular flexibility index (Phi) is 3.03. The molecule has 1 aliphatic carbocycles. The van der Waals surface area contributed by atoms with Crippen molar-refractivity contribution in [3.05, 3.63) is 47.5 Å². The summed E-state index contributed by atoms with van der Waals surface area (Å²) in [6, 6.07) is 7.34. The van der Waals surface area contributed by atoms with Crippen molar-refractivity contribution in [2.24, 2.45) is 10.9 Å². The van der Waals surface area contributed by atoms with Gasteiger partial charge in [-0.3, -0.25) is 0 Å². The lowest BCUT2D eigenvalue weighted by molar-refractivity contribution is 0.331. The summed E-state index contributed by atoms with van der Waals surface area (Å²) in [5.74, 6) is 1.45. The van der Waals surface area contributed by atoms with Gasteiger partial charge in [0.05, 0.1) is 23.3 Å². The minimum absolute atomic E-state index is 0.244. The third-order valence-electron chi connectivity index (χ3n) is 5.30. The molecular formula is C18H19ClN4. The van der Waals surface area contributed by atoms with Gasteiger partial charge < -0.3 is 15.5 Å². The van der Waals surface area contributed by atoms with Gasteiger partial charge in [0, 0.05) is 30.2 Å². The maximum Gasteiger partial charge on any atom is 0.115 e. The second kappa shape index (κ2) is 5.11. The predicted octanol–water partition coefficient (Wildman–Crippen LogP) is 2.95. The van der Waals surface area contributed by atoms with Crippen LogP contribution in [-0.4, -0.2) is 42.0 Å². The number of hydrogen-bond acceptors (Lipinski definition) is 4. The van der Waals surface area contributed by atoms with Crippen molar-refractivity contribution in [3.63, 3.8) is 0 Å². The molecule has 3 heterocycles. The minimum atomic E-state index is 0.244. The van der Waals surface area contributed by atoms with Crippen LogP contribution in [-0.2, 0) is 0 Å². The number of nitrogens with zero attached hydrogens (tertiary/aromatic N) is 2. The molecule has 4 unspecified atom stereocenters. The molecule has 2 fully saturated rings. The predicted molar refractivity (Wildman–Crippen MR) is 94.6 cm³/mol. The first-order chi connectivity index (χ1) is 11.3. The summed E-state index contributed by atoms with van der Waals surface area (Å²) in [4.78, 5) is 7.58. The zero-order chi connectivity index (χ0) is 15.4. The van der Waals surface area contributed by atoms with Crippen molar-refractivity contribution in [2.75, 3.05) is 18.4 Å². The topological polar surface area (TPSA) is 39.7 Å². The van der Waals surface area contributed by atoms with Gasteiger partial charge in [-0.25, -0.2) is 4.99 Å². The molecule has 2 saturated heterocycles. The van der Waals surface area contributed by atoms with Crippen LogP contribution in [0.2, 0.25) is 5.02 Å². The van der Waals surface area contributed by atoms with E-state index in [0.717, 1.165) is 29.5 Å². The van der Waals surface area contributed by atoms with Gasteiger partial charge >= 0.3 is 0 Å². The molecule has 2 N–H and O–H groups in total. The second-order valence-electron chi connectivity index (χ2n) is 6.74. The Morgan fingerprint density at radius 1 is 1.22 bits per heavy atom. The van der Waals surface area contributed by atoms with Gasteiger partial charge in [0.1, 0.15) is 5.84 Å². The Labute approximate surface area is 140 Å². The van der Waals surface area contributed by atoms with Gasteiger partial charge in [0.2, 0.25) is 0 Å². The summed E-state index contributed by atoms with van der Waals surface area (Å²) in [5, 5.41) is 7.94. The van der Waals surface area contributed by atoms with Gasteiger partial charge in [0.15, 0.2) is 0 Å². The van der Waals surface area contributed by atoms with E-state index in [9.17, 15) is 0 Å². The maximum atomic E-state index is 6.20. The molecule has 5 rings (SSSR count). The van der Waals surface area contributed by atoms with Gasteiger partial charge in [-0.2, -0.15) is 0 Å². The minimum Gasteiger partial charge on any atom is -0.376 e. The van der Waals surface area contributed by atoms with Crippen LogP contribution < -0.4 is 10.6 Å². The fourth-order valence-electron chi connectivity index (χ4n) is 4.19. The van der Waals surface area contributed by atoms with Crippen molar-refractivity contribution in [3.8, 4) is 0 Å². The van der Waals surface area contributed by atoms with Crippen LogP contribution in [0.4, 0.5) is 11.4 Å². The molecule has 23 heavy (non-hydrogen) atoms. The summed E-state index contributed by atoms with van der Waals surface area (Å²) >= 11 is 6.20. The zero-order valence-electron chi connectivity index (χ0n) is 12.7. The number of piperazine rings is 1. The van der Waals surface area contributed by atoms with E-state index in [1.807, 2.05) is 18.2 Å². The molecule has 0 radical (unpaired) electrons. The van der Waals surface area contributed by atoms with Crippen LogP contribution in [0.3, 0.4) is 0 Å². The van der Waals surface area contributed by atoms with E-state index in [2.05, 4.69) is 39.8 Å². The van der Waals surface area contributed by atoms with E-state index < -0.39 is 0 Å². The lowest BCUT2D eigenvalue weighted by Crippen LogP contribution is -2.50. The number of fused-ring (bicyclic) bond motifs is 4. The highest BCUT2D eigenvalue weighted by Gasteiger charge is 2.42. The Hall–Kier alpha value is -1.78. The quantitative estimate of drug-likeness (QED) is 0.770. The van der Waals surface area contributed by atoms with Gasteiger partial charge in [-0.1, -0.05) is 35.9 Å². The first-order valence-electron chi connectivity index (χ1n) is 8.27. The monoisotopic (exact) mass is 326 g/mol. The van der Waals surface area contributed by atoms with E-state index in [-0.39, 0.29) is 12.0 Å². The normalized spacial score (nSPS) is 33.8. The molecule has 0 aromatic heterocycles. The molecule has 1 aromatic rings. The molecule has 2 bridgehead atoms. The van der Waals surface area contributed by atoms with Crippen LogP contribution in [0.5, 0.6) is 0 Å². The summed E-state index contributed by atoms with van der Waals surface area (Å²) in [7, 11) is 0. The fourth-order valence-corrected chi connectivity index (χ4v) is 4.35. The number of halogens is 1. The molecule has 4 aliphatic rings. The first-order valence-corrected chi connectivity index (χ1v) is 8.65. The average molecular weight is 327 g/mol. The Morgan fingerprint density at radius 2 is 2.13 bits per heavy atom. The molecule has 5 heteroatoms. The number of allylic oxidation sites excluding steroid dienone is 2. The van der Waals surface area contributed by atoms with Gasteiger partial charge in [0.25, 0.3) is 0 Å². The number of aliphatic imine (C=N–C) groups is 1. The zero-order valence-corrected chi connectivity index (χ0v) is 13.5. The summed E-state index contributed by atoms with van der Waals surface area (Å²) in [5.41, 5.74) is 2.00. The molecule has 4 nitrogen and oxygen atoms in total. The van der Waals surface area contributed by atoms with Gasteiger partial charge in [-0.15, -0.1) is 0 Å². The lowest BCUT2D eigenvalue weighted by Gasteiger charge is -2.35. The molecular weight excluding hydrogens is 308 g/mol. The van der Waals surface area contributed by atoms with Crippen LogP contribution in [0.25, 0.3) is 0 Å². The first kappa shape index (κ1) is 13.6. The standard InChI is InChI=1S/C18H19ClN4/c19-11-5-6-16-17(7-11)22-18(14-3-1-2-4-15(14)21-16)23-10-12-8-13(23)9-20-12/h1-7,12-15,20-21H,8-10H2. The van der Waals surface area contributed by atoms with Crippen molar-refractivity contribution in [1.82, 2.24) is 10.2 Å². The summed E-state index contributed by atoms with van der Waals surface area (Å²) in [6.07, 6.45) is 9.98. The maximum absolute atomic E-state index is 6.20. The highest BCUT2D eigenvalue weighted by Crippen LogP contribution is 2.37. The molecule has 0 spiro atoms. The van der Waals surface area contributed by atoms with Crippen LogP contribution in [0.1, 0.15) is 6.42 Å². The number of hydrogen-bond donors (Lipinski definition) is 2. The van der Waals surface area contributed by atoms with Crippen LogP contribution >= 0.6 is 11.6 Å². The van der Waals surface area contributed by atoms with Crippen LogP contribution in [0, 0.1) is 5.92 Å². The van der Waals surface area contributed by atoms with E-state index in [1.165, 1.54) is 12.3 Å². The Bertz CT molecular complexity index is 739. The largest absolute Gasteiger partial charge is 0.376 e. The number of anilines is 1. The Balaban J connectivity index is 1.62. The Morgan fingerprint density at radius 3 is 2.96 bits per heavy atom. The highest BCUT2D eigenvalue weighted by atomic mass is 35.5. The van der Waals surface area contributed by atoms with E-state index in [1.54, 1.807) is 0 Å². The van der Waals surface area contributed by atoms with E-state index in [0.29, 0.717) is 12.1 Å². The molecule has 4 atom stereocenters. The highest BCUT2D eigenvalue weighted by molar-refractivity contribution is 6.31.